The Morgan fingerprint density at radius 1 is 0.972 bits per heavy atom. The van der Waals surface area contributed by atoms with Crippen LogP contribution in [0.1, 0.15) is 46.9 Å². The Balaban J connectivity index is 0.00000168. The Hall–Kier alpha value is -3.43. The Kier molecular flexibility index (Phi) is 5.69. The van der Waals surface area contributed by atoms with Gasteiger partial charge in [0.05, 0.1) is 16.0 Å². The Bertz CT molecular complexity index is 1420. The number of aromatic nitrogens is 1. The number of fused-ring (bicyclic) bond motifs is 1. The molecule has 2 aliphatic carbocycles. The number of pyridine rings is 1. The smallest absolute Gasteiger partial charge is 0.240 e. The van der Waals surface area contributed by atoms with Gasteiger partial charge in [0, 0.05) is 14.5 Å². The van der Waals surface area contributed by atoms with Crippen LogP contribution in [0.15, 0.2) is 65.6 Å². The number of anilines is 1. The fraction of sp³-hybridized carbons (Fsp3) is 0.333. The summed E-state index contributed by atoms with van der Waals surface area (Å²) in [5.41, 5.74) is 1.72. The maximum absolute atomic E-state index is 13.2. The minimum absolute atomic E-state index is 0. The average Bonchev–Trinajstić information content (AvgIpc) is 3.29. The predicted octanol–water partition coefficient (Wildman–Crippen LogP) is 4.86. The van der Waals surface area contributed by atoms with Gasteiger partial charge in [0.25, 0.3) is 0 Å². The minimum atomic E-state index is -3.55. The topological polar surface area (TPSA) is 107 Å². The number of hydrogen-bond acceptors (Lipinski definition) is 6. The number of ether oxygens (including phenoxy) is 2. The van der Waals surface area contributed by atoms with Gasteiger partial charge >= 0.3 is 0 Å². The molecule has 36 heavy (non-hydrogen) atoms. The van der Waals surface area contributed by atoms with Crippen LogP contribution in [0.4, 0.5) is 5.82 Å². The molecule has 1 aliphatic heterocycles. The third-order valence-corrected chi connectivity index (χ3v) is 8.77. The van der Waals surface area contributed by atoms with E-state index in [1.165, 1.54) is 0 Å². The standard InChI is InChI=1S/C27H27N3O5S.2H2/c31-26(27(14-15-27)19-10-13-23-24(16-19)35-17-34-23)29-25-7-3-6-22(28-25)18-8-11-21(12-9-18)36(32,33)30-20-4-1-2-5-20;;/h3,6-13,16,20,30H,1-2,4-5,14-15,17H2,(H,28,29,31);2*1H. The zero-order valence-electron chi connectivity index (χ0n) is 19.7. The fourth-order valence-electron chi connectivity index (χ4n) is 5.00. The quantitative estimate of drug-likeness (QED) is 0.471. The molecule has 2 heterocycles. The first-order valence-corrected chi connectivity index (χ1v) is 13.7. The van der Waals surface area contributed by atoms with Crippen LogP contribution < -0.4 is 19.5 Å². The lowest BCUT2D eigenvalue weighted by Gasteiger charge is -2.16. The number of nitrogens with one attached hydrogen (secondary N) is 2. The lowest BCUT2D eigenvalue weighted by Crippen LogP contribution is -2.32. The molecule has 0 radical (unpaired) electrons. The summed E-state index contributed by atoms with van der Waals surface area (Å²) in [5, 5.41) is 2.97. The molecule has 0 saturated heterocycles. The van der Waals surface area contributed by atoms with Crippen molar-refractivity contribution in [2.45, 2.75) is 54.9 Å². The number of carbonyl (C=O) groups excluding carboxylic acids is 1. The molecule has 1 aromatic heterocycles. The highest BCUT2D eigenvalue weighted by molar-refractivity contribution is 7.89. The fourth-order valence-corrected chi connectivity index (χ4v) is 6.31. The van der Waals surface area contributed by atoms with Crippen molar-refractivity contribution in [3.63, 3.8) is 0 Å². The van der Waals surface area contributed by atoms with Gasteiger partial charge in [-0.15, -0.1) is 0 Å². The lowest BCUT2D eigenvalue weighted by atomic mass is 9.94. The zero-order chi connectivity index (χ0) is 24.8. The van der Waals surface area contributed by atoms with Crippen LogP contribution >= 0.6 is 0 Å². The van der Waals surface area contributed by atoms with Crippen LogP contribution in [-0.2, 0) is 20.2 Å². The van der Waals surface area contributed by atoms with Crippen molar-refractivity contribution >= 4 is 21.7 Å². The van der Waals surface area contributed by atoms with Crippen LogP contribution in [0.5, 0.6) is 11.5 Å². The molecule has 8 nitrogen and oxygen atoms in total. The molecule has 1 amide bonds. The van der Waals surface area contributed by atoms with Gasteiger partial charge in [-0.3, -0.25) is 4.79 Å². The second kappa shape index (κ2) is 8.90. The molecule has 0 atom stereocenters. The van der Waals surface area contributed by atoms with Crippen molar-refractivity contribution in [3.8, 4) is 22.8 Å². The maximum atomic E-state index is 13.2. The van der Waals surface area contributed by atoms with Gasteiger partial charge < -0.3 is 14.8 Å². The number of nitrogens with zero attached hydrogens (tertiary/aromatic N) is 1. The number of rotatable bonds is 7. The second-order valence-corrected chi connectivity index (χ2v) is 11.4. The lowest BCUT2D eigenvalue weighted by molar-refractivity contribution is -0.118. The summed E-state index contributed by atoms with van der Waals surface area (Å²) in [6.45, 7) is 0.193. The third kappa shape index (κ3) is 4.33. The Morgan fingerprint density at radius 3 is 2.47 bits per heavy atom. The molecular formula is C27H31N3O5S. The molecule has 3 aliphatic rings. The maximum Gasteiger partial charge on any atom is 0.240 e. The number of amides is 1. The molecule has 2 N–H and O–H groups in total. The van der Waals surface area contributed by atoms with E-state index in [2.05, 4.69) is 15.0 Å². The third-order valence-electron chi connectivity index (χ3n) is 7.24. The molecule has 3 aromatic rings. The summed E-state index contributed by atoms with van der Waals surface area (Å²) < 4.78 is 39.1. The van der Waals surface area contributed by atoms with Gasteiger partial charge in [-0.1, -0.05) is 37.1 Å². The van der Waals surface area contributed by atoms with Crippen molar-refractivity contribution in [2.24, 2.45) is 0 Å². The van der Waals surface area contributed by atoms with E-state index in [4.69, 9.17) is 9.47 Å². The van der Waals surface area contributed by atoms with Gasteiger partial charge in [-0.2, -0.15) is 0 Å². The first kappa shape index (κ1) is 23.0. The summed E-state index contributed by atoms with van der Waals surface area (Å²) >= 11 is 0. The van der Waals surface area contributed by atoms with E-state index >= 15 is 0 Å². The molecular weight excluding hydrogens is 478 g/mol. The van der Waals surface area contributed by atoms with Gasteiger partial charge in [0.2, 0.25) is 22.7 Å². The van der Waals surface area contributed by atoms with Crippen LogP contribution in [-0.4, -0.2) is 32.1 Å². The number of benzene rings is 2. The van der Waals surface area contributed by atoms with E-state index in [0.29, 0.717) is 23.0 Å². The second-order valence-electron chi connectivity index (χ2n) is 9.64. The van der Waals surface area contributed by atoms with Crippen molar-refractivity contribution in [1.82, 2.24) is 9.71 Å². The van der Waals surface area contributed by atoms with E-state index < -0.39 is 15.4 Å². The van der Waals surface area contributed by atoms with E-state index in [9.17, 15) is 13.2 Å². The molecule has 0 bridgehead atoms. The SMILES string of the molecule is O=C(Nc1cccc(-c2ccc(S(=O)(=O)NC3CCCC3)cc2)n1)C1(c2ccc3c(c2)OCO3)CC1.[HH].[HH]. The van der Waals surface area contributed by atoms with Crippen LogP contribution in [0.2, 0.25) is 0 Å². The largest absolute Gasteiger partial charge is 0.454 e. The Morgan fingerprint density at radius 2 is 1.72 bits per heavy atom. The number of carbonyl (C=O) groups is 1. The Labute approximate surface area is 213 Å². The van der Waals surface area contributed by atoms with Crippen molar-refractivity contribution in [3.05, 3.63) is 66.2 Å². The summed E-state index contributed by atoms with van der Waals surface area (Å²) in [6.07, 6.45) is 5.39. The molecule has 2 aromatic carbocycles. The van der Waals surface area contributed by atoms with Gasteiger partial charge in [0.1, 0.15) is 5.82 Å². The minimum Gasteiger partial charge on any atom is -0.454 e. The molecule has 2 fully saturated rings. The van der Waals surface area contributed by atoms with Crippen LogP contribution in [0.3, 0.4) is 0 Å². The summed E-state index contributed by atoms with van der Waals surface area (Å²) in [4.78, 5) is 18.1. The molecule has 6 rings (SSSR count). The summed E-state index contributed by atoms with van der Waals surface area (Å²) in [6, 6.07) is 17.7. The molecule has 190 valence electrons. The van der Waals surface area contributed by atoms with Gasteiger partial charge in [-0.25, -0.2) is 18.1 Å². The summed E-state index contributed by atoms with van der Waals surface area (Å²) in [5.74, 6) is 1.70. The number of sulfonamides is 1. The average molecular weight is 510 g/mol. The van der Waals surface area contributed by atoms with Crippen molar-refractivity contribution in [2.75, 3.05) is 12.1 Å². The number of hydrogen-bond donors (Lipinski definition) is 2. The molecule has 0 unspecified atom stereocenters. The van der Waals surface area contributed by atoms with Crippen molar-refractivity contribution < 1.29 is 25.5 Å². The van der Waals surface area contributed by atoms with E-state index in [0.717, 1.165) is 49.7 Å². The monoisotopic (exact) mass is 509 g/mol. The van der Waals surface area contributed by atoms with Gasteiger partial charge in [-0.05, 0) is 67.6 Å². The van der Waals surface area contributed by atoms with E-state index in [-0.39, 0.29) is 26.5 Å². The summed E-state index contributed by atoms with van der Waals surface area (Å²) in [7, 11) is -3.55. The molecule has 9 heteroatoms. The normalized spacial score (nSPS) is 18.2. The van der Waals surface area contributed by atoms with E-state index in [1.54, 1.807) is 30.3 Å². The zero-order valence-corrected chi connectivity index (χ0v) is 20.5. The predicted molar refractivity (Wildman–Crippen MR) is 139 cm³/mol. The highest BCUT2D eigenvalue weighted by Gasteiger charge is 2.51. The van der Waals surface area contributed by atoms with Gasteiger partial charge in [0.15, 0.2) is 11.5 Å². The van der Waals surface area contributed by atoms with Crippen LogP contribution in [0.25, 0.3) is 11.3 Å². The van der Waals surface area contributed by atoms with E-state index in [1.807, 2.05) is 30.3 Å². The highest BCUT2D eigenvalue weighted by atomic mass is 32.2. The first-order valence-electron chi connectivity index (χ1n) is 12.2. The molecule has 0 spiro atoms. The molecule has 2 saturated carbocycles. The van der Waals surface area contributed by atoms with Crippen LogP contribution in [0, 0.1) is 0 Å². The van der Waals surface area contributed by atoms with Crippen molar-refractivity contribution in [1.29, 1.82) is 0 Å². The first-order chi connectivity index (χ1) is 17.4. The highest BCUT2D eigenvalue weighted by Crippen LogP contribution is 2.51.